The minimum absolute atomic E-state index is 0.241. The average molecular weight is 543 g/mol. The van der Waals surface area contributed by atoms with E-state index in [1.807, 2.05) is 0 Å². The van der Waals surface area contributed by atoms with Crippen LogP contribution in [0.5, 0.6) is 0 Å². The van der Waals surface area contributed by atoms with Crippen LogP contribution < -0.4 is 5.32 Å². The second-order valence-corrected chi connectivity index (χ2v) is 8.19. The summed E-state index contributed by atoms with van der Waals surface area (Å²) in [6, 6.07) is 7.16. The van der Waals surface area contributed by atoms with Crippen molar-refractivity contribution in [1.29, 1.82) is 0 Å². The van der Waals surface area contributed by atoms with Gasteiger partial charge in [-0.1, -0.05) is 36.9 Å². The Morgan fingerprint density at radius 3 is 2.03 bits per heavy atom. The molecule has 1 aromatic rings. The summed E-state index contributed by atoms with van der Waals surface area (Å²) >= 11 is 0. The van der Waals surface area contributed by atoms with Crippen molar-refractivity contribution >= 4 is 22.0 Å². The number of rotatable bonds is 12. The summed E-state index contributed by atoms with van der Waals surface area (Å²) in [4.78, 5) is 23.8. The first-order valence-corrected chi connectivity index (χ1v) is 10.6. The van der Waals surface area contributed by atoms with Crippen LogP contribution in [0.25, 0.3) is 0 Å². The van der Waals surface area contributed by atoms with Gasteiger partial charge in [0, 0.05) is 13.0 Å². The van der Waals surface area contributed by atoms with Crippen LogP contribution in [0.2, 0.25) is 0 Å². The minimum atomic E-state index is -6.61. The van der Waals surface area contributed by atoms with Gasteiger partial charge in [0.25, 0.3) is 0 Å². The van der Waals surface area contributed by atoms with E-state index in [-0.39, 0.29) is 5.56 Å². The summed E-state index contributed by atoms with van der Waals surface area (Å²) in [5.41, 5.74) is 0.241. The highest BCUT2D eigenvalue weighted by Gasteiger charge is 2.67. The second-order valence-electron chi connectivity index (χ2n) is 6.73. The molecule has 0 aliphatic rings. The molecule has 1 aromatic carbocycles. The Morgan fingerprint density at radius 1 is 1.03 bits per heavy atom. The molecule has 1 rings (SSSR count). The van der Waals surface area contributed by atoms with Gasteiger partial charge in [-0.15, -0.1) is 0 Å². The molecule has 2 N–H and O–H groups in total. The van der Waals surface area contributed by atoms with E-state index in [9.17, 15) is 53.1 Å². The number of benzene rings is 1. The van der Waals surface area contributed by atoms with Crippen molar-refractivity contribution in [2.24, 2.45) is 0 Å². The van der Waals surface area contributed by atoms with Crippen molar-refractivity contribution in [2.45, 2.75) is 42.5 Å². The molecule has 1 unspecified atom stereocenters. The molecule has 0 fully saturated rings. The van der Waals surface area contributed by atoms with E-state index in [0.29, 0.717) is 0 Å². The Hall–Kier alpha value is -2.79. The van der Waals surface area contributed by atoms with Gasteiger partial charge in [-0.2, -0.15) is 43.5 Å². The van der Waals surface area contributed by atoms with E-state index in [1.165, 1.54) is 30.3 Å². The number of hydrogen-bond donors (Lipinski definition) is 2. The molecule has 198 valence electrons. The maximum Gasteiger partial charge on any atom is 0.466 e. The van der Waals surface area contributed by atoms with Gasteiger partial charge in [-0.25, -0.2) is 4.79 Å². The highest BCUT2D eigenvalue weighted by molar-refractivity contribution is 7.87. The second kappa shape index (κ2) is 10.9. The Kier molecular flexibility index (Phi) is 9.38. The van der Waals surface area contributed by atoms with Crippen LogP contribution in [0.4, 0.5) is 35.1 Å². The molecule has 8 nitrogen and oxygen atoms in total. The SMILES string of the molecule is C=C(F)C(=O)OC(OCCCC(F)(F)C(F)(F)S(=O)(=O)O)(C(=O)NCc1ccccc1)C(F)(F)F. The summed E-state index contributed by atoms with van der Waals surface area (Å²) < 4.78 is 145. The molecular weight excluding hydrogens is 526 g/mol. The number of carbonyl (C=O) groups excluding carboxylic acids is 2. The van der Waals surface area contributed by atoms with Crippen LogP contribution in [0.15, 0.2) is 42.7 Å². The minimum Gasteiger partial charge on any atom is -0.410 e. The molecule has 0 aliphatic heterocycles. The molecule has 0 aliphatic carbocycles. The Balaban J connectivity index is 3.15. The smallest absolute Gasteiger partial charge is 0.410 e. The zero-order chi connectivity index (χ0) is 27.3. The van der Waals surface area contributed by atoms with E-state index in [4.69, 9.17) is 4.55 Å². The summed E-state index contributed by atoms with van der Waals surface area (Å²) in [6.45, 7) is 0.139. The van der Waals surface area contributed by atoms with E-state index in [0.717, 1.165) is 0 Å². The van der Waals surface area contributed by atoms with Gasteiger partial charge < -0.3 is 14.8 Å². The van der Waals surface area contributed by atoms with Gasteiger partial charge in [0.2, 0.25) is 5.83 Å². The third-order valence-electron chi connectivity index (χ3n) is 4.12. The Labute approximate surface area is 192 Å². The summed E-state index contributed by atoms with van der Waals surface area (Å²) in [7, 11) is -6.61. The first-order valence-electron chi connectivity index (χ1n) is 9.12. The lowest BCUT2D eigenvalue weighted by atomic mass is 10.1. The fourth-order valence-electron chi connectivity index (χ4n) is 2.33. The van der Waals surface area contributed by atoms with E-state index < -0.39 is 77.0 Å². The number of carbonyl (C=O) groups is 2. The zero-order valence-electron chi connectivity index (χ0n) is 17.3. The third kappa shape index (κ3) is 7.11. The molecule has 0 saturated carbocycles. The maximum atomic E-state index is 13.8. The van der Waals surface area contributed by atoms with Crippen LogP contribution in [-0.4, -0.2) is 54.6 Å². The molecule has 1 amide bonds. The number of nitrogens with one attached hydrogen (secondary N) is 1. The average Bonchev–Trinajstić information content (AvgIpc) is 2.72. The largest absolute Gasteiger partial charge is 0.466 e. The molecule has 0 spiro atoms. The van der Waals surface area contributed by atoms with Crippen molar-refractivity contribution in [3.8, 4) is 0 Å². The quantitative estimate of drug-likeness (QED) is 0.103. The first-order chi connectivity index (χ1) is 15.8. The molecule has 35 heavy (non-hydrogen) atoms. The van der Waals surface area contributed by atoms with Gasteiger partial charge in [0.1, 0.15) is 0 Å². The lowest BCUT2D eigenvalue weighted by Crippen LogP contribution is -2.61. The molecule has 1 atom stereocenters. The summed E-state index contributed by atoms with van der Waals surface area (Å²) in [5.74, 6) is -16.9. The fourth-order valence-corrected chi connectivity index (χ4v) is 2.81. The van der Waals surface area contributed by atoms with Crippen molar-refractivity contribution in [3.63, 3.8) is 0 Å². The van der Waals surface area contributed by atoms with Crippen LogP contribution in [0, 0.1) is 0 Å². The van der Waals surface area contributed by atoms with Crippen LogP contribution in [0.1, 0.15) is 18.4 Å². The van der Waals surface area contributed by atoms with Crippen LogP contribution >= 0.6 is 0 Å². The van der Waals surface area contributed by atoms with Gasteiger partial charge in [-0.05, 0) is 12.0 Å². The van der Waals surface area contributed by atoms with Crippen LogP contribution in [-0.2, 0) is 35.7 Å². The van der Waals surface area contributed by atoms with Gasteiger partial charge in [0.15, 0.2) is 0 Å². The fraction of sp³-hybridized carbons (Fsp3) is 0.444. The molecule has 17 heteroatoms. The first kappa shape index (κ1) is 30.2. The van der Waals surface area contributed by atoms with Crippen molar-refractivity contribution in [2.75, 3.05) is 6.61 Å². The normalized spacial score (nSPS) is 14.7. The number of amides is 1. The van der Waals surface area contributed by atoms with Crippen molar-refractivity contribution in [1.82, 2.24) is 5.32 Å². The predicted molar refractivity (Wildman–Crippen MR) is 100 cm³/mol. The van der Waals surface area contributed by atoms with Crippen molar-refractivity contribution < 1.29 is 67.2 Å². The third-order valence-corrected chi connectivity index (χ3v) is 5.06. The van der Waals surface area contributed by atoms with Crippen LogP contribution in [0.3, 0.4) is 0 Å². The van der Waals surface area contributed by atoms with Crippen molar-refractivity contribution in [3.05, 3.63) is 48.3 Å². The van der Waals surface area contributed by atoms with E-state index in [1.54, 1.807) is 5.32 Å². The highest BCUT2D eigenvalue weighted by atomic mass is 32.2. The summed E-state index contributed by atoms with van der Waals surface area (Å²) in [5, 5.41) is -4.31. The number of esters is 1. The highest BCUT2D eigenvalue weighted by Crippen LogP contribution is 2.42. The standard InChI is InChI=1S/C18H17F8NO7S/c1-11(19)13(28)34-16(17(22,23)24,14(29)27-10-12-6-3-2-4-7-12)33-9-5-8-15(20,21)18(25,26)35(30,31)32/h2-4,6-7H,1,5,8-10H2,(H,27,29)(H,30,31,32). The molecule has 0 saturated heterocycles. The monoisotopic (exact) mass is 543 g/mol. The van der Waals surface area contributed by atoms with Gasteiger partial charge in [0.05, 0.1) is 6.61 Å². The zero-order valence-corrected chi connectivity index (χ0v) is 18.1. The lowest BCUT2D eigenvalue weighted by molar-refractivity contribution is -0.347. The maximum absolute atomic E-state index is 13.8. The number of hydrogen-bond acceptors (Lipinski definition) is 6. The predicted octanol–water partition coefficient (Wildman–Crippen LogP) is 3.50. The molecule has 0 heterocycles. The molecule has 0 bridgehead atoms. The van der Waals surface area contributed by atoms with E-state index >= 15 is 0 Å². The topological polar surface area (TPSA) is 119 Å². The Bertz CT molecular complexity index is 1030. The lowest BCUT2D eigenvalue weighted by Gasteiger charge is -2.33. The van der Waals surface area contributed by atoms with Gasteiger partial charge >= 0.3 is 45.1 Å². The molecular formula is C18H17F8NO7S. The number of ether oxygens (including phenoxy) is 2. The number of alkyl halides is 7. The molecule has 0 aromatic heterocycles. The number of halogens is 8. The van der Waals surface area contributed by atoms with Gasteiger partial charge in [-0.3, -0.25) is 9.35 Å². The summed E-state index contributed by atoms with van der Waals surface area (Å²) in [6.07, 6.45) is -9.60. The molecule has 0 radical (unpaired) electrons. The Morgan fingerprint density at radius 2 is 1.57 bits per heavy atom. The van der Waals surface area contributed by atoms with E-state index in [2.05, 4.69) is 16.1 Å².